The van der Waals surface area contributed by atoms with Crippen LogP contribution in [0, 0.1) is 11.3 Å². The molecule has 5 nitrogen and oxygen atoms in total. The number of hydrogen-bond acceptors (Lipinski definition) is 5. The van der Waals surface area contributed by atoms with Crippen molar-refractivity contribution in [2.45, 2.75) is 30.8 Å². The number of aliphatic hydroxyl groups excluding tert-OH is 3. The lowest BCUT2D eigenvalue weighted by Crippen LogP contribution is -2.49. The van der Waals surface area contributed by atoms with E-state index in [4.69, 9.17) is 15.1 Å². The number of hydrogen-bond donors (Lipinski definition) is 3. The molecule has 68 valence electrons. The van der Waals surface area contributed by atoms with Crippen LogP contribution < -0.4 is 0 Å². The second kappa shape index (κ2) is 3.83. The summed E-state index contributed by atoms with van der Waals surface area (Å²) >= 11 is 0. The molecule has 0 amide bonds. The molecule has 1 aliphatic rings. The Bertz CT molecular complexity index is 190. The zero-order chi connectivity index (χ0) is 9.14. The van der Waals surface area contributed by atoms with Crippen molar-refractivity contribution in [3.8, 4) is 6.07 Å². The van der Waals surface area contributed by atoms with Crippen molar-refractivity contribution in [2.75, 3.05) is 6.61 Å². The van der Waals surface area contributed by atoms with Gasteiger partial charge < -0.3 is 20.1 Å². The Labute approximate surface area is 69.8 Å². The summed E-state index contributed by atoms with van der Waals surface area (Å²) in [6.45, 7) is -0.392. The molecule has 3 N–H and O–H groups in total. The van der Waals surface area contributed by atoms with E-state index in [0.717, 1.165) is 0 Å². The molecule has 0 bridgehead atoms. The zero-order valence-electron chi connectivity index (χ0n) is 6.42. The van der Waals surface area contributed by atoms with Crippen LogP contribution >= 0.6 is 0 Å². The van der Waals surface area contributed by atoms with E-state index in [2.05, 4.69) is 0 Å². The lowest BCUT2D eigenvalue weighted by molar-refractivity contribution is -0.165. The van der Waals surface area contributed by atoms with Crippen LogP contribution in [-0.4, -0.2) is 46.3 Å². The molecule has 1 fully saturated rings. The highest BCUT2D eigenvalue weighted by molar-refractivity contribution is 4.94. The first-order valence-corrected chi connectivity index (χ1v) is 3.71. The zero-order valence-corrected chi connectivity index (χ0v) is 6.42. The molecule has 12 heavy (non-hydrogen) atoms. The second-order valence-electron chi connectivity index (χ2n) is 2.77. The molecule has 4 atom stereocenters. The third kappa shape index (κ3) is 1.73. The lowest BCUT2D eigenvalue weighted by Gasteiger charge is -2.33. The first kappa shape index (κ1) is 9.42. The van der Waals surface area contributed by atoms with Crippen LogP contribution in [0.1, 0.15) is 6.42 Å². The number of aliphatic hydroxyl groups is 3. The van der Waals surface area contributed by atoms with Gasteiger partial charge in [-0.05, 0) is 0 Å². The van der Waals surface area contributed by atoms with Crippen molar-refractivity contribution in [3.63, 3.8) is 0 Å². The third-order valence-electron chi connectivity index (χ3n) is 1.89. The van der Waals surface area contributed by atoms with Crippen LogP contribution in [0.4, 0.5) is 0 Å². The SMILES string of the molecule is N#CC1CC(O)C(O)C(CO)O1. The van der Waals surface area contributed by atoms with E-state index in [1.165, 1.54) is 0 Å². The van der Waals surface area contributed by atoms with E-state index in [1.807, 2.05) is 6.07 Å². The largest absolute Gasteiger partial charge is 0.394 e. The van der Waals surface area contributed by atoms with Crippen LogP contribution in [0.2, 0.25) is 0 Å². The first-order valence-electron chi connectivity index (χ1n) is 3.71. The van der Waals surface area contributed by atoms with Crippen LogP contribution in [0.15, 0.2) is 0 Å². The fourth-order valence-corrected chi connectivity index (χ4v) is 1.19. The minimum Gasteiger partial charge on any atom is -0.394 e. The summed E-state index contributed by atoms with van der Waals surface area (Å²) in [5, 5.41) is 35.5. The van der Waals surface area contributed by atoms with Gasteiger partial charge in [-0.3, -0.25) is 0 Å². The maximum absolute atomic E-state index is 9.21. The number of nitriles is 1. The fraction of sp³-hybridized carbons (Fsp3) is 0.857. The molecule has 1 rings (SSSR count). The summed E-state index contributed by atoms with van der Waals surface area (Å²) in [5.41, 5.74) is 0. The van der Waals surface area contributed by atoms with Crippen molar-refractivity contribution >= 4 is 0 Å². The van der Waals surface area contributed by atoms with E-state index in [1.54, 1.807) is 0 Å². The highest BCUT2D eigenvalue weighted by Gasteiger charge is 2.36. The molecule has 5 heteroatoms. The molecule has 0 spiro atoms. The van der Waals surface area contributed by atoms with Gasteiger partial charge >= 0.3 is 0 Å². The van der Waals surface area contributed by atoms with E-state index in [9.17, 15) is 10.2 Å². The van der Waals surface area contributed by atoms with Crippen molar-refractivity contribution < 1.29 is 20.1 Å². The Balaban J connectivity index is 2.59. The van der Waals surface area contributed by atoms with Gasteiger partial charge in [0.2, 0.25) is 0 Å². The van der Waals surface area contributed by atoms with E-state index >= 15 is 0 Å². The minimum absolute atomic E-state index is 0.0914. The van der Waals surface area contributed by atoms with E-state index < -0.39 is 31.0 Å². The molecular formula is C7H11NO4. The highest BCUT2D eigenvalue weighted by Crippen LogP contribution is 2.19. The normalized spacial score (nSPS) is 42.2. The number of ether oxygens (including phenoxy) is 1. The average molecular weight is 173 g/mol. The standard InChI is InChI=1S/C7H11NO4/c8-2-4-1-5(10)7(11)6(3-9)12-4/h4-7,9-11H,1,3H2. The van der Waals surface area contributed by atoms with Gasteiger partial charge in [0.15, 0.2) is 0 Å². The Morgan fingerprint density at radius 2 is 2.17 bits per heavy atom. The maximum atomic E-state index is 9.21. The molecule has 1 saturated heterocycles. The van der Waals surface area contributed by atoms with Gasteiger partial charge in [-0.15, -0.1) is 0 Å². The van der Waals surface area contributed by atoms with Gasteiger partial charge in [0.25, 0.3) is 0 Å². The lowest BCUT2D eigenvalue weighted by atomic mass is 9.99. The molecule has 0 aromatic heterocycles. The highest BCUT2D eigenvalue weighted by atomic mass is 16.5. The van der Waals surface area contributed by atoms with Crippen molar-refractivity contribution in [1.82, 2.24) is 0 Å². The Hall–Kier alpha value is -0.670. The summed E-state index contributed by atoms with van der Waals surface area (Å²) in [7, 11) is 0. The molecule has 0 aliphatic carbocycles. The van der Waals surface area contributed by atoms with Gasteiger partial charge in [0, 0.05) is 6.42 Å². The number of rotatable bonds is 1. The third-order valence-corrected chi connectivity index (χ3v) is 1.89. The summed E-state index contributed by atoms with van der Waals surface area (Å²) in [6, 6.07) is 1.81. The Morgan fingerprint density at radius 3 is 2.67 bits per heavy atom. The van der Waals surface area contributed by atoms with Gasteiger partial charge in [-0.1, -0.05) is 0 Å². The van der Waals surface area contributed by atoms with Crippen molar-refractivity contribution in [2.24, 2.45) is 0 Å². The van der Waals surface area contributed by atoms with Gasteiger partial charge in [0.05, 0.1) is 18.8 Å². The average Bonchev–Trinajstić information content (AvgIpc) is 2.09. The smallest absolute Gasteiger partial charge is 0.147 e. The molecule has 0 aromatic rings. The Kier molecular flexibility index (Phi) is 3.00. The van der Waals surface area contributed by atoms with Crippen LogP contribution in [0.5, 0.6) is 0 Å². The summed E-state index contributed by atoms with van der Waals surface area (Å²) in [4.78, 5) is 0. The summed E-state index contributed by atoms with van der Waals surface area (Å²) in [6.07, 6.45) is -3.58. The predicted molar refractivity (Wildman–Crippen MR) is 38.0 cm³/mol. The van der Waals surface area contributed by atoms with E-state index in [-0.39, 0.29) is 6.42 Å². The van der Waals surface area contributed by atoms with Crippen LogP contribution in [-0.2, 0) is 4.74 Å². The molecule has 0 aromatic carbocycles. The second-order valence-corrected chi connectivity index (χ2v) is 2.77. The fourth-order valence-electron chi connectivity index (χ4n) is 1.19. The van der Waals surface area contributed by atoms with Crippen LogP contribution in [0.25, 0.3) is 0 Å². The molecule has 4 unspecified atom stereocenters. The van der Waals surface area contributed by atoms with Crippen LogP contribution in [0.3, 0.4) is 0 Å². The quantitative estimate of drug-likeness (QED) is 0.443. The molecule has 0 saturated carbocycles. The molecule has 1 heterocycles. The summed E-state index contributed by atoms with van der Waals surface area (Å²) in [5.74, 6) is 0. The first-order chi connectivity index (χ1) is 5.69. The molecule has 0 radical (unpaired) electrons. The van der Waals surface area contributed by atoms with Crippen molar-refractivity contribution in [1.29, 1.82) is 5.26 Å². The summed E-state index contributed by atoms with van der Waals surface area (Å²) < 4.78 is 4.95. The predicted octanol–water partition coefficient (Wildman–Crippen LogP) is -1.62. The Morgan fingerprint density at radius 1 is 1.50 bits per heavy atom. The molecular weight excluding hydrogens is 162 g/mol. The maximum Gasteiger partial charge on any atom is 0.147 e. The molecule has 1 aliphatic heterocycles. The van der Waals surface area contributed by atoms with Crippen molar-refractivity contribution in [3.05, 3.63) is 0 Å². The number of nitrogens with zero attached hydrogens (tertiary/aromatic N) is 1. The topological polar surface area (TPSA) is 93.7 Å². The monoisotopic (exact) mass is 173 g/mol. The van der Waals surface area contributed by atoms with Gasteiger partial charge in [-0.2, -0.15) is 5.26 Å². The van der Waals surface area contributed by atoms with Gasteiger partial charge in [0.1, 0.15) is 18.3 Å². The minimum atomic E-state index is -1.10. The van der Waals surface area contributed by atoms with Gasteiger partial charge in [-0.25, -0.2) is 0 Å². The van der Waals surface area contributed by atoms with E-state index in [0.29, 0.717) is 0 Å².